The molecular formula is C42H55NO5. The van der Waals surface area contributed by atoms with Crippen molar-refractivity contribution in [3.8, 4) is 0 Å². The van der Waals surface area contributed by atoms with Crippen molar-refractivity contribution in [3.05, 3.63) is 83.4 Å². The fourth-order valence-corrected chi connectivity index (χ4v) is 11.4. The van der Waals surface area contributed by atoms with Crippen molar-refractivity contribution in [3.63, 3.8) is 0 Å². The maximum absolute atomic E-state index is 14.4. The average molecular weight is 654 g/mol. The monoisotopic (exact) mass is 653 g/mol. The SMILES string of the molecule is CC1C(N)CCC2(C)C1CCC1(C)C3CCC4(C)CCC(C(=O)OC(c5ccccc5)c5ccccc5)CC4C3=CC(=O)C12.COC=O. The van der Waals surface area contributed by atoms with Gasteiger partial charge in [-0.2, -0.15) is 0 Å². The van der Waals surface area contributed by atoms with Gasteiger partial charge >= 0.3 is 5.97 Å². The van der Waals surface area contributed by atoms with Gasteiger partial charge in [0.05, 0.1) is 13.0 Å². The summed E-state index contributed by atoms with van der Waals surface area (Å²) in [5.41, 5.74) is 10.1. The van der Waals surface area contributed by atoms with Crippen LogP contribution in [-0.4, -0.2) is 31.4 Å². The summed E-state index contributed by atoms with van der Waals surface area (Å²) in [6, 6.07) is 20.4. The van der Waals surface area contributed by atoms with Gasteiger partial charge in [0.15, 0.2) is 11.9 Å². The number of carbonyl (C=O) groups is 3. The molecule has 0 heterocycles. The number of allylic oxidation sites excluding steroid dienone is 2. The summed E-state index contributed by atoms with van der Waals surface area (Å²) in [6.07, 6.45) is 11.0. The van der Waals surface area contributed by atoms with E-state index in [4.69, 9.17) is 15.3 Å². The number of methoxy groups -OCH3 is 1. The highest BCUT2D eigenvalue weighted by Gasteiger charge is 2.64. The smallest absolute Gasteiger partial charge is 0.309 e. The maximum Gasteiger partial charge on any atom is 0.309 e. The number of rotatable bonds is 5. The zero-order chi connectivity index (χ0) is 34.3. The van der Waals surface area contributed by atoms with Crippen LogP contribution < -0.4 is 5.73 Å². The van der Waals surface area contributed by atoms with Crippen molar-refractivity contribution in [2.75, 3.05) is 7.11 Å². The van der Waals surface area contributed by atoms with E-state index in [1.807, 2.05) is 60.7 Å². The molecule has 5 aliphatic rings. The molecule has 10 atom stereocenters. The molecule has 258 valence electrons. The van der Waals surface area contributed by atoms with Crippen LogP contribution in [0.4, 0.5) is 0 Å². The Morgan fingerprint density at radius 2 is 1.44 bits per heavy atom. The second kappa shape index (κ2) is 13.6. The summed E-state index contributed by atoms with van der Waals surface area (Å²) in [7, 11) is 1.31. The molecule has 7 rings (SSSR count). The third-order valence-electron chi connectivity index (χ3n) is 14.0. The Bertz CT molecular complexity index is 1470. The number of ether oxygens (including phenoxy) is 2. The van der Waals surface area contributed by atoms with E-state index in [0.29, 0.717) is 30.0 Å². The molecule has 5 aliphatic carbocycles. The number of carbonyl (C=O) groups excluding carboxylic acids is 3. The number of fused-ring (bicyclic) bond motifs is 7. The molecule has 0 aliphatic heterocycles. The average Bonchev–Trinajstić information content (AvgIpc) is 3.09. The first kappa shape index (κ1) is 34.6. The standard InChI is InChI=1S/C40H51NO3.C2H4O2/c1-25-30-17-21-40(4)31-16-20-38(2)19-15-28(23-32(38)29(31)24-34(42)36(40)39(30,3)22-18-33(25)41)37(43)44-35(26-11-7-5-8-12-26)27-13-9-6-10-14-27;1-4-2-3/h5-14,24-25,28,30-33,35-36H,15-23,41H2,1-4H3;2H,1H3. The summed E-state index contributed by atoms with van der Waals surface area (Å²) in [5, 5.41) is 0. The van der Waals surface area contributed by atoms with Crippen LogP contribution in [0.3, 0.4) is 0 Å². The molecule has 0 spiro atoms. The second-order valence-electron chi connectivity index (χ2n) is 16.4. The summed E-state index contributed by atoms with van der Waals surface area (Å²) in [4.78, 5) is 37.3. The van der Waals surface area contributed by atoms with Gasteiger partial charge in [-0.3, -0.25) is 14.4 Å². The molecule has 6 nitrogen and oxygen atoms in total. The minimum Gasteiger partial charge on any atom is -0.471 e. The summed E-state index contributed by atoms with van der Waals surface area (Å²) in [5.74, 6) is 1.84. The van der Waals surface area contributed by atoms with Crippen LogP contribution in [0.15, 0.2) is 72.3 Å². The van der Waals surface area contributed by atoms with Crippen LogP contribution in [0.2, 0.25) is 0 Å². The Morgan fingerprint density at radius 1 is 0.854 bits per heavy atom. The fraction of sp³-hybridized carbons (Fsp3) is 0.595. The zero-order valence-corrected chi connectivity index (χ0v) is 29.5. The van der Waals surface area contributed by atoms with Crippen molar-refractivity contribution in [1.29, 1.82) is 0 Å². The van der Waals surface area contributed by atoms with E-state index in [0.717, 1.165) is 56.1 Å². The molecule has 0 bridgehead atoms. The second-order valence-corrected chi connectivity index (χ2v) is 16.4. The van der Waals surface area contributed by atoms with Gasteiger partial charge in [-0.15, -0.1) is 0 Å². The van der Waals surface area contributed by atoms with Crippen LogP contribution in [0, 0.1) is 51.8 Å². The largest absolute Gasteiger partial charge is 0.471 e. The van der Waals surface area contributed by atoms with Gasteiger partial charge in [-0.25, -0.2) is 0 Å². The molecule has 0 saturated heterocycles. The molecule has 6 heteroatoms. The molecule has 4 fully saturated rings. The van der Waals surface area contributed by atoms with Crippen molar-refractivity contribution >= 4 is 18.2 Å². The van der Waals surface area contributed by atoms with Crippen LogP contribution in [-0.2, 0) is 23.9 Å². The Balaban J connectivity index is 0.000000952. The van der Waals surface area contributed by atoms with Crippen LogP contribution in [0.5, 0.6) is 0 Å². The first-order valence-corrected chi connectivity index (χ1v) is 18.2. The number of nitrogens with two attached hydrogens (primary N) is 1. The highest BCUT2D eigenvalue weighted by Crippen LogP contribution is 2.69. The highest BCUT2D eigenvalue weighted by atomic mass is 16.5. The molecule has 0 aromatic heterocycles. The van der Waals surface area contributed by atoms with E-state index < -0.39 is 6.10 Å². The Morgan fingerprint density at radius 3 is 2.04 bits per heavy atom. The molecule has 4 saturated carbocycles. The van der Waals surface area contributed by atoms with Crippen LogP contribution in [0.1, 0.15) is 103 Å². The van der Waals surface area contributed by atoms with Crippen molar-refractivity contribution in [2.24, 2.45) is 57.5 Å². The van der Waals surface area contributed by atoms with Crippen molar-refractivity contribution in [1.82, 2.24) is 0 Å². The van der Waals surface area contributed by atoms with Crippen LogP contribution >= 0.6 is 0 Å². The van der Waals surface area contributed by atoms with Gasteiger partial charge in [-0.05, 0) is 115 Å². The van der Waals surface area contributed by atoms with Crippen molar-refractivity contribution in [2.45, 2.75) is 97.6 Å². The third-order valence-corrected chi connectivity index (χ3v) is 14.0. The first-order chi connectivity index (χ1) is 23.0. The molecule has 0 radical (unpaired) electrons. The molecule has 2 N–H and O–H groups in total. The highest BCUT2D eigenvalue weighted by molar-refractivity contribution is 5.95. The first-order valence-electron chi connectivity index (χ1n) is 18.2. The van der Waals surface area contributed by atoms with Gasteiger partial charge in [0.1, 0.15) is 0 Å². The predicted molar refractivity (Wildman–Crippen MR) is 187 cm³/mol. The van der Waals surface area contributed by atoms with E-state index in [1.54, 1.807) is 0 Å². The Kier molecular flexibility index (Phi) is 9.79. The normalized spacial score (nSPS) is 38.4. The summed E-state index contributed by atoms with van der Waals surface area (Å²) < 4.78 is 10.3. The molecule has 48 heavy (non-hydrogen) atoms. The topological polar surface area (TPSA) is 95.7 Å². The van der Waals surface area contributed by atoms with Gasteiger partial charge in [0.25, 0.3) is 6.47 Å². The lowest BCUT2D eigenvalue weighted by molar-refractivity contribution is -0.162. The Hall–Kier alpha value is -3.25. The number of hydrogen-bond acceptors (Lipinski definition) is 6. The fourth-order valence-electron chi connectivity index (χ4n) is 11.4. The molecule has 2 aromatic carbocycles. The summed E-state index contributed by atoms with van der Waals surface area (Å²) in [6.45, 7) is 10.0. The number of hydrogen-bond donors (Lipinski definition) is 1. The number of benzene rings is 2. The van der Waals surface area contributed by atoms with Crippen molar-refractivity contribution < 1.29 is 23.9 Å². The van der Waals surface area contributed by atoms with Gasteiger partial charge in [0, 0.05) is 12.0 Å². The quantitative estimate of drug-likeness (QED) is 0.258. The van der Waals surface area contributed by atoms with Crippen LogP contribution in [0.25, 0.3) is 0 Å². The maximum atomic E-state index is 14.4. The lowest BCUT2D eigenvalue weighted by atomic mass is 9.38. The van der Waals surface area contributed by atoms with Gasteiger partial charge in [-0.1, -0.05) is 93.9 Å². The van der Waals surface area contributed by atoms with E-state index >= 15 is 0 Å². The Labute approximate surface area is 287 Å². The summed E-state index contributed by atoms with van der Waals surface area (Å²) >= 11 is 0. The van der Waals surface area contributed by atoms with Gasteiger partial charge < -0.3 is 15.2 Å². The van der Waals surface area contributed by atoms with E-state index in [-0.39, 0.29) is 46.0 Å². The molecule has 10 unspecified atom stereocenters. The van der Waals surface area contributed by atoms with E-state index in [1.165, 1.54) is 25.5 Å². The third kappa shape index (κ3) is 5.97. The number of ketones is 1. The zero-order valence-electron chi connectivity index (χ0n) is 29.5. The van der Waals surface area contributed by atoms with Gasteiger partial charge in [0.2, 0.25) is 0 Å². The molecular weight excluding hydrogens is 598 g/mol. The molecule has 0 amide bonds. The lowest BCUT2D eigenvalue weighted by Gasteiger charge is -2.65. The molecule has 2 aromatic rings. The van der Waals surface area contributed by atoms with E-state index in [9.17, 15) is 9.59 Å². The lowest BCUT2D eigenvalue weighted by Crippen LogP contribution is -2.62. The van der Waals surface area contributed by atoms with E-state index in [2.05, 4.69) is 38.5 Å². The minimum absolute atomic E-state index is 0.0188. The number of esters is 1. The minimum atomic E-state index is -0.422. The predicted octanol–water partition coefficient (Wildman–Crippen LogP) is 8.25.